The highest BCUT2D eigenvalue weighted by Gasteiger charge is 2.30. The molecule has 0 saturated heterocycles. The molecule has 0 fully saturated rings. The lowest BCUT2D eigenvalue weighted by Gasteiger charge is -2.21. The van der Waals surface area contributed by atoms with Gasteiger partial charge in [-0.3, -0.25) is 37.3 Å². The standard InChI is InChI=1S/C64H124O17P2/c1-7-11-13-15-17-19-21-30-36-42-48-63(68)80-59(52-74-61(66)46-40-34-28-20-18-16-14-12-8-2)54-78-82(70,71)76-50-58(65)51-77-83(72,73)79-55-60(81-64(69)49-43-37-31-25-23-27-33-39-45-57(6)10-4)53-75-62(67)47-41-35-29-24-22-26-32-38-44-56(5)9-3/h56-60,65H,7-55H2,1-6H3,(H,70,71)(H,72,73)/t56?,57?,58-,59+,60+/m0/s1. The van der Waals surface area contributed by atoms with Crippen LogP contribution in [0.1, 0.15) is 318 Å². The van der Waals surface area contributed by atoms with Crippen LogP contribution in [0, 0.1) is 11.8 Å². The predicted octanol–water partition coefficient (Wildman–Crippen LogP) is 17.7. The Morgan fingerprint density at radius 1 is 0.337 bits per heavy atom. The molecule has 0 aliphatic rings. The van der Waals surface area contributed by atoms with Gasteiger partial charge in [-0.15, -0.1) is 0 Å². The molecule has 4 unspecified atom stereocenters. The molecule has 0 spiro atoms. The van der Waals surface area contributed by atoms with E-state index in [4.69, 9.17) is 37.0 Å². The monoisotopic (exact) mass is 1230 g/mol. The molecule has 19 heteroatoms. The molecule has 17 nitrogen and oxygen atoms in total. The van der Waals surface area contributed by atoms with Crippen molar-refractivity contribution in [2.75, 3.05) is 39.6 Å². The number of carbonyl (C=O) groups excluding carboxylic acids is 4. The number of unbranched alkanes of at least 4 members (excludes halogenated alkanes) is 31. The summed E-state index contributed by atoms with van der Waals surface area (Å²) in [4.78, 5) is 72.2. The van der Waals surface area contributed by atoms with Crippen molar-refractivity contribution in [3.05, 3.63) is 0 Å². The number of aliphatic hydroxyl groups is 1. The van der Waals surface area contributed by atoms with Gasteiger partial charge in [0.05, 0.1) is 26.4 Å². The quantitative estimate of drug-likeness (QED) is 0.0222. The number of esters is 4. The summed E-state index contributed by atoms with van der Waals surface area (Å²) < 4.78 is 68.0. The second-order valence-corrected chi connectivity index (χ2v) is 26.5. The van der Waals surface area contributed by atoms with Crippen molar-refractivity contribution in [1.29, 1.82) is 0 Å². The van der Waals surface area contributed by atoms with Crippen LogP contribution in [0.4, 0.5) is 0 Å². The van der Waals surface area contributed by atoms with Crippen LogP contribution in [0.25, 0.3) is 0 Å². The van der Waals surface area contributed by atoms with Crippen LogP contribution in [-0.2, 0) is 65.4 Å². The molecule has 83 heavy (non-hydrogen) atoms. The Hall–Kier alpha value is -1.94. The number of rotatable bonds is 63. The van der Waals surface area contributed by atoms with Crippen LogP contribution in [0.15, 0.2) is 0 Å². The van der Waals surface area contributed by atoms with E-state index in [9.17, 15) is 43.2 Å². The molecule has 0 amide bonds. The highest BCUT2D eigenvalue weighted by molar-refractivity contribution is 7.47. The summed E-state index contributed by atoms with van der Waals surface area (Å²) in [6, 6.07) is 0. The molecule has 3 N–H and O–H groups in total. The molecule has 7 atom stereocenters. The van der Waals surface area contributed by atoms with Gasteiger partial charge >= 0.3 is 39.5 Å². The SMILES string of the molecule is CCCCCCCCCCCCC(=O)O[C@H](COC(=O)CCCCCCCCCCC)COP(=O)(O)OC[C@H](O)COP(=O)(O)OC[C@@H](COC(=O)CCCCCCCCCCC(C)CC)OC(=O)CCCCCCCCCCC(C)CC. The third-order valence-electron chi connectivity index (χ3n) is 15.4. The van der Waals surface area contributed by atoms with E-state index in [1.165, 1.54) is 135 Å². The van der Waals surface area contributed by atoms with Crippen molar-refractivity contribution in [1.82, 2.24) is 0 Å². The first-order valence-corrected chi connectivity index (χ1v) is 36.6. The number of carbonyl (C=O) groups is 4. The minimum atomic E-state index is -4.94. The van der Waals surface area contributed by atoms with Crippen molar-refractivity contribution in [3.8, 4) is 0 Å². The summed E-state index contributed by atoms with van der Waals surface area (Å²) in [5.41, 5.74) is 0. The minimum Gasteiger partial charge on any atom is -0.462 e. The predicted molar refractivity (Wildman–Crippen MR) is 331 cm³/mol. The maximum absolute atomic E-state index is 13.0. The van der Waals surface area contributed by atoms with E-state index in [1.807, 2.05) is 0 Å². The number of ether oxygens (including phenoxy) is 4. The first-order valence-electron chi connectivity index (χ1n) is 33.6. The number of aliphatic hydroxyl groups excluding tert-OH is 1. The minimum absolute atomic E-state index is 0.104. The fourth-order valence-electron chi connectivity index (χ4n) is 9.47. The average Bonchev–Trinajstić information content (AvgIpc) is 3.46. The first kappa shape index (κ1) is 81.1. The van der Waals surface area contributed by atoms with E-state index in [0.29, 0.717) is 25.7 Å². The molecule has 0 aromatic carbocycles. The van der Waals surface area contributed by atoms with Crippen molar-refractivity contribution in [3.63, 3.8) is 0 Å². The summed E-state index contributed by atoms with van der Waals surface area (Å²) in [6.07, 6.45) is 38.8. The van der Waals surface area contributed by atoms with Gasteiger partial charge in [0.1, 0.15) is 19.3 Å². The van der Waals surface area contributed by atoms with Gasteiger partial charge in [-0.25, -0.2) is 9.13 Å². The van der Waals surface area contributed by atoms with Crippen LogP contribution in [0.3, 0.4) is 0 Å². The number of hydrogen-bond acceptors (Lipinski definition) is 15. The van der Waals surface area contributed by atoms with Crippen molar-refractivity contribution >= 4 is 39.5 Å². The maximum Gasteiger partial charge on any atom is 0.472 e. The average molecular weight is 1230 g/mol. The van der Waals surface area contributed by atoms with Gasteiger partial charge in [0.25, 0.3) is 0 Å². The highest BCUT2D eigenvalue weighted by Crippen LogP contribution is 2.45. The number of phosphoric acid groups is 2. The fourth-order valence-corrected chi connectivity index (χ4v) is 11.0. The molecule has 0 rings (SSSR count). The molecule has 0 saturated carbocycles. The van der Waals surface area contributed by atoms with Gasteiger partial charge < -0.3 is 33.8 Å². The van der Waals surface area contributed by atoms with Crippen LogP contribution in [0.5, 0.6) is 0 Å². The molecule has 0 aliphatic carbocycles. The van der Waals surface area contributed by atoms with Crippen molar-refractivity contribution in [2.45, 2.75) is 336 Å². The molecule has 0 aromatic rings. The lowest BCUT2D eigenvalue weighted by molar-refractivity contribution is -0.161. The Kier molecular flexibility index (Phi) is 55.2. The van der Waals surface area contributed by atoms with Crippen LogP contribution in [0.2, 0.25) is 0 Å². The van der Waals surface area contributed by atoms with E-state index in [2.05, 4.69) is 41.5 Å². The molecule has 0 radical (unpaired) electrons. The molecule has 0 heterocycles. The van der Waals surface area contributed by atoms with E-state index >= 15 is 0 Å². The van der Waals surface area contributed by atoms with Crippen LogP contribution < -0.4 is 0 Å². The summed E-state index contributed by atoms with van der Waals surface area (Å²) in [6.45, 7) is 9.47. The van der Waals surface area contributed by atoms with E-state index in [1.54, 1.807) is 0 Å². The van der Waals surface area contributed by atoms with Gasteiger partial charge in [-0.05, 0) is 37.5 Å². The highest BCUT2D eigenvalue weighted by atomic mass is 31.2. The first-order chi connectivity index (χ1) is 39.9. The third kappa shape index (κ3) is 56.3. The molecule has 492 valence electrons. The van der Waals surface area contributed by atoms with Crippen molar-refractivity contribution in [2.24, 2.45) is 11.8 Å². The molecular formula is C64H124O17P2. The zero-order valence-electron chi connectivity index (χ0n) is 53.5. The van der Waals surface area contributed by atoms with Gasteiger partial charge in [0, 0.05) is 25.7 Å². The Balaban J connectivity index is 5.25. The number of hydrogen-bond donors (Lipinski definition) is 3. The van der Waals surface area contributed by atoms with Crippen LogP contribution >= 0.6 is 15.6 Å². The Bertz CT molecular complexity index is 1640. The topological polar surface area (TPSA) is 237 Å². The summed E-state index contributed by atoms with van der Waals surface area (Å²) >= 11 is 0. The zero-order chi connectivity index (χ0) is 61.5. The molecular weight excluding hydrogens is 1100 g/mol. The van der Waals surface area contributed by atoms with Gasteiger partial charge in [-0.2, -0.15) is 0 Å². The fraction of sp³-hybridized carbons (Fsp3) is 0.938. The second kappa shape index (κ2) is 56.6. The van der Waals surface area contributed by atoms with Gasteiger partial charge in [0.15, 0.2) is 12.2 Å². The summed E-state index contributed by atoms with van der Waals surface area (Å²) in [7, 11) is -9.88. The zero-order valence-corrected chi connectivity index (χ0v) is 55.3. The molecule has 0 aromatic heterocycles. The number of phosphoric ester groups is 2. The molecule has 0 aliphatic heterocycles. The lowest BCUT2D eigenvalue weighted by atomic mass is 9.99. The second-order valence-electron chi connectivity index (χ2n) is 23.6. The third-order valence-corrected chi connectivity index (χ3v) is 17.3. The normalized spacial score (nSPS) is 15.0. The Morgan fingerprint density at radius 3 is 0.855 bits per heavy atom. The van der Waals surface area contributed by atoms with E-state index < -0.39 is 97.5 Å². The lowest BCUT2D eigenvalue weighted by Crippen LogP contribution is -2.30. The summed E-state index contributed by atoms with van der Waals surface area (Å²) in [5, 5.41) is 10.5. The summed E-state index contributed by atoms with van der Waals surface area (Å²) in [5.74, 6) is -0.589. The largest absolute Gasteiger partial charge is 0.472 e. The smallest absolute Gasteiger partial charge is 0.462 e. The van der Waals surface area contributed by atoms with E-state index in [-0.39, 0.29) is 25.7 Å². The maximum atomic E-state index is 13.0. The van der Waals surface area contributed by atoms with Crippen molar-refractivity contribution < 1.29 is 80.2 Å². The molecule has 0 bridgehead atoms. The Labute approximate surface area is 505 Å². The van der Waals surface area contributed by atoms with Gasteiger partial charge in [-0.1, -0.05) is 266 Å². The van der Waals surface area contributed by atoms with E-state index in [0.717, 1.165) is 102 Å². The Morgan fingerprint density at radius 2 is 0.578 bits per heavy atom. The van der Waals surface area contributed by atoms with Gasteiger partial charge in [0.2, 0.25) is 0 Å². The van der Waals surface area contributed by atoms with Crippen LogP contribution in [-0.4, -0.2) is 96.7 Å².